The summed E-state index contributed by atoms with van der Waals surface area (Å²) in [6.45, 7) is 12.9. The highest BCUT2D eigenvalue weighted by molar-refractivity contribution is 7.10. The number of thiophene rings is 1. The third-order valence-electron chi connectivity index (χ3n) is 4.39. The maximum absolute atomic E-state index is 3.80. The molecule has 0 aromatic carbocycles. The lowest BCUT2D eigenvalue weighted by Gasteiger charge is -2.42. The molecule has 1 aromatic heterocycles. The number of aryl methyl sites for hydroxylation is 1. The molecule has 1 aromatic rings. The van der Waals surface area contributed by atoms with Crippen LogP contribution in [0.1, 0.15) is 56.5 Å². The van der Waals surface area contributed by atoms with Gasteiger partial charge in [0.15, 0.2) is 0 Å². The van der Waals surface area contributed by atoms with Gasteiger partial charge in [0.2, 0.25) is 0 Å². The van der Waals surface area contributed by atoms with Crippen LogP contribution in [-0.2, 0) is 0 Å². The van der Waals surface area contributed by atoms with Crippen LogP contribution in [-0.4, -0.2) is 30.1 Å². The van der Waals surface area contributed by atoms with Crippen molar-refractivity contribution >= 4 is 11.3 Å². The van der Waals surface area contributed by atoms with E-state index in [1.54, 1.807) is 0 Å². The van der Waals surface area contributed by atoms with Crippen LogP contribution in [0.25, 0.3) is 0 Å². The lowest BCUT2D eigenvalue weighted by atomic mass is 9.89. The molecule has 1 aliphatic rings. The highest BCUT2D eigenvalue weighted by Gasteiger charge is 2.38. The largest absolute Gasteiger partial charge is 0.308 e. The lowest BCUT2D eigenvalue weighted by Crippen LogP contribution is -2.51. The van der Waals surface area contributed by atoms with E-state index in [9.17, 15) is 0 Å². The third kappa shape index (κ3) is 3.21. The smallest absolute Gasteiger partial charge is 0.0599 e. The first kappa shape index (κ1) is 15.0. The van der Waals surface area contributed by atoms with Crippen LogP contribution >= 0.6 is 11.3 Å². The molecule has 0 saturated carbocycles. The van der Waals surface area contributed by atoms with Crippen molar-refractivity contribution in [3.05, 3.63) is 21.9 Å². The molecule has 1 unspecified atom stereocenters. The van der Waals surface area contributed by atoms with Gasteiger partial charge in [-0.25, -0.2) is 0 Å². The first-order chi connectivity index (χ1) is 9.07. The van der Waals surface area contributed by atoms with Crippen LogP contribution in [0.5, 0.6) is 0 Å². The predicted molar refractivity (Wildman–Crippen MR) is 85.0 cm³/mol. The van der Waals surface area contributed by atoms with Gasteiger partial charge in [0.1, 0.15) is 0 Å². The first-order valence-electron chi connectivity index (χ1n) is 7.59. The zero-order valence-electron chi connectivity index (χ0n) is 12.8. The molecule has 0 radical (unpaired) electrons. The Morgan fingerprint density at radius 2 is 2.05 bits per heavy atom. The quantitative estimate of drug-likeness (QED) is 0.848. The van der Waals surface area contributed by atoms with E-state index in [0.717, 1.165) is 6.54 Å². The van der Waals surface area contributed by atoms with Crippen molar-refractivity contribution in [2.75, 3.05) is 19.6 Å². The van der Waals surface area contributed by atoms with Crippen LogP contribution in [0, 0.1) is 6.92 Å². The zero-order chi connectivity index (χ0) is 13.9. The Bertz CT molecular complexity index is 391. The molecule has 1 N–H and O–H groups in total. The molecule has 1 atom stereocenters. The zero-order valence-corrected chi connectivity index (χ0v) is 13.6. The molecule has 108 valence electrons. The monoisotopic (exact) mass is 280 g/mol. The second-order valence-electron chi connectivity index (χ2n) is 6.20. The fraction of sp³-hybridized carbons (Fsp3) is 0.750. The maximum atomic E-state index is 3.80. The van der Waals surface area contributed by atoms with E-state index in [1.807, 2.05) is 11.3 Å². The van der Waals surface area contributed by atoms with Gasteiger partial charge in [-0.1, -0.05) is 6.92 Å². The van der Waals surface area contributed by atoms with Crippen molar-refractivity contribution in [1.82, 2.24) is 10.2 Å². The minimum absolute atomic E-state index is 0.196. The van der Waals surface area contributed by atoms with Gasteiger partial charge in [0.25, 0.3) is 0 Å². The summed E-state index contributed by atoms with van der Waals surface area (Å²) >= 11 is 1.90. The first-order valence-corrected chi connectivity index (χ1v) is 8.47. The average molecular weight is 280 g/mol. The van der Waals surface area contributed by atoms with Gasteiger partial charge in [-0.05, 0) is 76.7 Å². The van der Waals surface area contributed by atoms with Crippen molar-refractivity contribution in [1.29, 1.82) is 0 Å². The Morgan fingerprint density at radius 3 is 2.58 bits per heavy atom. The normalized spacial score (nSPS) is 18.9. The molecule has 1 fully saturated rings. The Balaban J connectivity index is 2.23. The second kappa shape index (κ2) is 6.38. The molecule has 0 aliphatic carbocycles. The predicted octanol–water partition coefficient (Wildman–Crippen LogP) is 3.97. The van der Waals surface area contributed by atoms with Gasteiger partial charge >= 0.3 is 0 Å². The highest BCUT2D eigenvalue weighted by atomic mass is 32.1. The summed E-state index contributed by atoms with van der Waals surface area (Å²) < 4.78 is 0. The molecule has 0 spiro atoms. The topological polar surface area (TPSA) is 15.3 Å². The van der Waals surface area contributed by atoms with E-state index < -0.39 is 0 Å². The fourth-order valence-electron chi connectivity index (χ4n) is 3.11. The van der Waals surface area contributed by atoms with Gasteiger partial charge in [-0.2, -0.15) is 0 Å². The standard InChI is InChI=1S/C16H28N2S/c1-5-9-17-15(14-13(2)8-12-19-14)16(3,4)18-10-6-7-11-18/h8,12,15,17H,5-7,9-11H2,1-4H3. The van der Waals surface area contributed by atoms with Crippen molar-refractivity contribution in [3.63, 3.8) is 0 Å². The number of rotatable bonds is 6. The number of hydrogen-bond acceptors (Lipinski definition) is 3. The summed E-state index contributed by atoms with van der Waals surface area (Å²) in [6, 6.07) is 2.70. The van der Waals surface area contributed by atoms with Crippen molar-refractivity contribution in [3.8, 4) is 0 Å². The number of nitrogens with one attached hydrogen (secondary N) is 1. The third-order valence-corrected chi connectivity index (χ3v) is 5.47. The van der Waals surface area contributed by atoms with E-state index in [4.69, 9.17) is 0 Å². The van der Waals surface area contributed by atoms with E-state index in [2.05, 4.69) is 49.4 Å². The van der Waals surface area contributed by atoms with Gasteiger partial charge in [-0.15, -0.1) is 11.3 Å². The molecule has 2 nitrogen and oxygen atoms in total. The molecule has 0 amide bonds. The number of hydrogen-bond donors (Lipinski definition) is 1. The minimum Gasteiger partial charge on any atom is -0.308 e. The van der Waals surface area contributed by atoms with E-state index in [0.29, 0.717) is 6.04 Å². The van der Waals surface area contributed by atoms with Gasteiger partial charge in [0, 0.05) is 10.4 Å². The average Bonchev–Trinajstić information content (AvgIpc) is 3.01. The lowest BCUT2D eigenvalue weighted by molar-refractivity contribution is 0.108. The van der Waals surface area contributed by atoms with Gasteiger partial charge < -0.3 is 5.32 Å². The summed E-state index contributed by atoms with van der Waals surface area (Å²) in [5.41, 5.74) is 1.63. The van der Waals surface area contributed by atoms with Crippen LogP contribution in [0.3, 0.4) is 0 Å². The molecule has 0 bridgehead atoms. The molecule has 2 rings (SSSR count). The van der Waals surface area contributed by atoms with E-state index in [-0.39, 0.29) is 5.54 Å². The van der Waals surface area contributed by atoms with Gasteiger partial charge in [0.05, 0.1) is 6.04 Å². The van der Waals surface area contributed by atoms with Crippen LogP contribution in [0.4, 0.5) is 0 Å². The Kier molecular flexibility index (Phi) is 5.04. The van der Waals surface area contributed by atoms with Crippen molar-refractivity contribution in [2.24, 2.45) is 0 Å². The molecule has 1 aliphatic heterocycles. The number of nitrogens with zero attached hydrogens (tertiary/aromatic N) is 1. The minimum atomic E-state index is 0.196. The van der Waals surface area contributed by atoms with Crippen molar-refractivity contribution in [2.45, 2.75) is 58.5 Å². The van der Waals surface area contributed by atoms with E-state index >= 15 is 0 Å². The van der Waals surface area contributed by atoms with Crippen LogP contribution in [0.2, 0.25) is 0 Å². The Labute approximate surface area is 122 Å². The van der Waals surface area contributed by atoms with Crippen LogP contribution < -0.4 is 5.32 Å². The molecule has 3 heteroatoms. The molecule has 2 heterocycles. The number of likely N-dealkylation sites (tertiary alicyclic amines) is 1. The molecular weight excluding hydrogens is 252 g/mol. The van der Waals surface area contributed by atoms with Crippen molar-refractivity contribution < 1.29 is 0 Å². The molecule has 1 saturated heterocycles. The maximum Gasteiger partial charge on any atom is 0.0599 e. The van der Waals surface area contributed by atoms with Gasteiger partial charge in [-0.3, -0.25) is 4.90 Å². The molecular formula is C16H28N2S. The summed E-state index contributed by atoms with van der Waals surface area (Å²) in [4.78, 5) is 4.19. The SMILES string of the molecule is CCCNC(c1sccc1C)C(C)(C)N1CCCC1. The summed E-state index contributed by atoms with van der Waals surface area (Å²) in [5, 5.41) is 6.03. The summed E-state index contributed by atoms with van der Waals surface area (Å²) in [6.07, 6.45) is 3.90. The van der Waals surface area contributed by atoms with Crippen LogP contribution in [0.15, 0.2) is 11.4 Å². The summed E-state index contributed by atoms with van der Waals surface area (Å²) in [7, 11) is 0. The Hall–Kier alpha value is -0.380. The molecule has 19 heavy (non-hydrogen) atoms. The summed E-state index contributed by atoms with van der Waals surface area (Å²) in [5.74, 6) is 0. The van der Waals surface area contributed by atoms with E-state index in [1.165, 1.54) is 42.8 Å². The fourth-order valence-corrected chi connectivity index (χ4v) is 4.29. The Morgan fingerprint density at radius 1 is 1.37 bits per heavy atom. The highest BCUT2D eigenvalue weighted by Crippen LogP contribution is 2.37. The second-order valence-corrected chi connectivity index (χ2v) is 7.15.